The van der Waals surface area contributed by atoms with Gasteiger partial charge in [-0.25, -0.2) is 0 Å². The standard InChI is InChI=1S/C18H13ClO4/c1-10-3-8-15-14(9-10)16(21)18(22-11(2)20)17(23-15)12-4-6-13(19)7-5-12/h3-9H,1-2H3. The van der Waals surface area contributed by atoms with Crippen LogP contribution in [0.4, 0.5) is 0 Å². The minimum Gasteiger partial charge on any atom is -0.452 e. The predicted octanol–water partition coefficient (Wildman–Crippen LogP) is 4.35. The van der Waals surface area contributed by atoms with Gasteiger partial charge in [-0.2, -0.15) is 0 Å². The highest BCUT2D eigenvalue weighted by Crippen LogP contribution is 2.31. The van der Waals surface area contributed by atoms with Crippen molar-refractivity contribution in [3.8, 4) is 17.1 Å². The van der Waals surface area contributed by atoms with Crippen LogP contribution in [0.1, 0.15) is 12.5 Å². The third kappa shape index (κ3) is 2.98. The molecule has 0 aliphatic rings. The van der Waals surface area contributed by atoms with Crippen LogP contribution in [0.2, 0.25) is 5.02 Å². The molecule has 1 aromatic heterocycles. The van der Waals surface area contributed by atoms with Gasteiger partial charge in [0.2, 0.25) is 11.2 Å². The second kappa shape index (κ2) is 5.89. The normalized spacial score (nSPS) is 10.7. The average Bonchev–Trinajstić information content (AvgIpc) is 2.51. The van der Waals surface area contributed by atoms with Gasteiger partial charge in [-0.3, -0.25) is 9.59 Å². The Morgan fingerprint density at radius 3 is 2.48 bits per heavy atom. The quantitative estimate of drug-likeness (QED) is 0.656. The van der Waals surface area contributed by atoms with Gasteiger partial charge in [-0.05, 0) is 43.3 Å². The van der Waals surface area contributed by atoms with E-state index in [9.17, 15) is 9.59 Å². The highest BCUT2D eigenvalue weighted by Gasteiger charge is 2.19. The lowest BCUT2D eigenvalue weighted by atomic mass is 10.1. The monoisotopic (exact) mass is 328 g/mol. The zero-order valence-electron chi connectivity index (χ0n) is 12.6. The van der Waals surface area contributed by atoms with Crippen molar-refractivity contribution in [2.75, 3.05) is 0 Å². The molecule has 0 amide bonds. The van der Waals surface area contributed by atoms with Gasteiger partial charge in [0.05, 0.1) is 5.39 Å². The highest BCUT2D eigenvalue weighted by atomic mass is 35.5. The van der Waals surface area contributed by atoms with E-state index < -0.39 is 5.97 Å². The zero-order chi connectivity index (χ0) is 16.6. The molecular weight excluding hydrogens is 316 g/mol. The highest BCUT2D eigenvalue weighted by molar-refractivity contribution is 6.30. The molecule has 0 N–H and O–H groups in total. The summed E-state index contributed by atoms with van der Waals surface area (Å²) in [5.74, 6) is -0.490. The second-order valence-corrected chi connectivity index (χ2v) is 5.63. The summed E-state index contributed by atoms with van der Waals surface area (Å²) in [6.07, 6.45) is 0. The molecule has 5 heteroatoms. The number of esters is 1. The average molecular weight is 329 g/mol. The van der Waals surface area contributed by atoms with Crippen LogP contribution in [0.3, 0.4) is 0 Å². The predicted molar refractivity (Wildman–Crippen MR) is 89.0 cm³/mol. The van der Waals surface area contributed by atoms with Gasteiger partial charge >= 0.3 is 5.97 Å². The van der Waals surface area contributed by atoms with Gasteiger partial charge in [-0.15, -0.1) is 0 Å². The zero-order valence-corrected chi connectivity index (χ0v) is 13.3. The van der Waals surface area contributed by atoms with Crippen molar-refractivity contribution in [1.82, 2.24) is 0 Å². The molecule has 0 unspecified atom stereocenters. The molecule has 3 aromatic rings. The van der Waals surface area contributed by atoms with Crippen LogP contribution in [0.15, 0.2) is 51.7 Å². The number of hydrogen-bond donors (Lipinski definition) is 0. The van der Waals surface area contributed by atoms with Crippen molar-refractivity contribution in [2.24, 2.45) is 0 Å². The SMILES string of the molecule is CC(=O)Oc1c(-c2ccc(Cl)cc2)oc2ccc(C)cc2c1=O. The summed E-state index contributed by atoms with van der Waals surface area (Å²) < 4.78 is 11.0. The number of halogens is 1. The Morgan fingerprint density at radius 1 is 1.13 bits per heavy atom. The maximum atomic E-state index is 12.7. The number of benzene rings is 2. The van der Waals surface area contributed by atoms with Crippen LogP contribution in [0.5, 0.6) is 5.75 Å². The number of hydrogen-bond acceptors (Lipinski definition) is 4. The Bertz CT molecular complexity index is 955. The lowest BCUT2D eigenvalue weighted by Gasteiger charge is -2.10. The Balaban J connectivity index is 2.34. The molecule has 0 atom stereocenters. The smallest absolute Gasteiger partial charge is 0.308 e. The number of carbonyl (C=O) groups excluding carboxylic acids is 1. The fourth-order valence-electron chi connectivity index (χ4n) is 2.32. The molecule has 0 saturated carbocycles. The fraction of sp³-hybridized carbons (Fsp3) is 0.111. The van der Waals surface area contributed by atoms with Gasteiger partial charge in [-0.1, -0.05) is 23.2 Å². The van der Waals surface area contributed by atoms with Gasteiger partial charge in [0.25, 0.3) is 0 Å². The Kier molecular flexibility index (Phi) is 3.92. The first-order valence-electron chi connectivity index (χ1n) is 6.97. The van der Waals surface area contributed by atoms with Crippen LogP contribution in [0.25, 0.3) is 22.3 Å². The first-order valence-corrected chi connectivity index (χ1v) is 7.35. The maximum Gasteiger partial charge on any atom is 0.308 e. The third-order valence-electron chi connectivity index (χ3n) is 3.36. The van der Waals surface area contributed by atoms with Gasteiger partial charge in [0.1, 0.15) is 5.58 Å². The molecule has 0 spiro atoms. The van der Waals surface area contributed by atoms with Crippen LogP contribution in [0, 0.1) is 6.92 Å². The van der Waals surface area contributed by atoms with Crippen molar-refractivity contribution in [3.63, 3.8) is 0 Å². The largest absolute Gasteiger partial charge is 0.452 e. The Hall–Kier alpha value is -2.59. The van der Waals surface area contributed by atoms with E-state index in [4.69, 9.17) is 20.8 Å². The molecular formula is C18H13ClO4. The van der Waals surface area contributed by atoms with Crippen LogP contribution >= 0.6 is 11.6 Å². The molecule has 1 heterocycles. The second-order valence-electron chi connectivity index (χ2n) is 5.19. The molecule has 0 aliphatic carbocycles. The minimum absolute atomic E-state index is 0.113. The molecule has 4 nitrogen and oxygen atoms in total. The summed E-state index contributed by atoms with van der Waals surface area (Å²) >= 11 is 5.89. The van der Waals surface area contributed by atoms with Crippen molar-refractivity contribution in [3.05, 3.63) is 63.3 Å². The number of aryl methyl sites for hydroxylation is 1. The van der Waals surface area contributed by atoms with E-state index in [1.54, 1.807) is 36.4 Å². The van der Waals surface area contributed by atoms with E-state index in [0.29, 0.717) is 21.6 Å². The van der Waals surface area contributed by atoms with Gasteiger partial charge in [0, 0.05) is 17.5 Å². The first-order chi connectivity index (χ1) is 11.0. The van der Waals surface area contributed by atoms with E-state index in [1.165, 1.54) is 6.92 Å². The van der Waals surface area contributed by atoms with E-state index in [0.717, 1.165) is 5.56 Å². The molecule has 0 aliphatic heterocycles. The molecule has 0 bridgehead atoms. The van der Waals surface area contributed by atoms with E-state index in [1.807, 2.05) is 13.0 Å². The van der Waals surface area contributed by atoms with E-state index in [2.05, 4.69) is 0 Å². The molecule has 3 rings (SSSR count). The van der Waals surface area contributed by atoms with Gasteiger partial charge in [0.15, 0.2) is 5.76 Å². The van der Waals surface area contributed by atoms with Crippen molar-refractivity contribution in [1.29, 1.82) is 0 Å². The molecule has 0 saturated heterocycles. The minimum atomic E-state index is -0.584. The van der Waals surface area contributed by atoms with Crippen molar-refractivity contribution < 1.29 is 13.9 Å². The van der Waals surface area contributed by atoms with Crippen LogP contribution in [-0.2, 0) is 4.79 Å². The Morgan fingerprint density at radius 2 is 1.83 bits per heavy atom. The maximum absolute atomic E-state index is 12.7. The molecule has 116 valence electrons. The number of rotatable bonds is 2. The van der Waals surface area contributed by atoms with Gasteiger partial charge < -0.3 is 9.15 Å². The summed E-state index contributed by atoms with van der Waals surface area (Å²) in [5.41, 5.74) is 1.57. The molecule has 2 aromatic carbocycles. The fourth-order valence-corrected chi connectivity index (χ4v) is 2.45. The van der Waals surface area contributed by atoms with Crippen molar-refractivity contribution >= 4 is 28.5 Å². The molecule has 0 radical (unpaired) electrons. The van der Waals surface area contributed by atoms with E-state index >= 15 is 0 Å². The number of ether oxygens (including phenoxy) is 1. The first kappa shape index (κ1) is 15.3. The summed E-state index contributed by atoms with van der Waals surface area (Å²) in [4.78, 5) is 24.1. The lowest BCUT2D eigenvalue weighted by Crippen LogP contribution is -2.13. The molecule has 23 heavy (non-hydrogen) atoms. The Labute approximate surface area is 137 Å². The summed E-state index contributed by atoms with van der Waals surface area (Å²) in [6, 6.07) is 12.0. The summed E-state index contributed by atoms with van der Waals surface area (Å²) in [5, 5.41) is 0.931. The van der Waals surface area contributed by atoms with Crippen LogP contribution < -0.4 is 10.2 Å². The van der Waals surface area contributed by atoms with Crippen molar-refractivity contribution in [2.45, 2.75) is 13.8 Å². The number of carbonyl (C=O) groups is 1. The summed E-state index contributed by atoms with van der Waals surface area (Å²) in [7, 11) is 0. The lowest BCUT2D eigenvalue weighted by molar-refractivity contribution is -0.131. The summed E-state index contributed by atoms with van der Waals surface area (Å²) in [6.45, 7) is 3.11. The topological polar surface area (TPSA) is 56.5 Å². The van der Waals surface area contributed by atoms with Crippen LogP contribution in [-0.4, -0.2) is 5.97 Å². The third-order valence-corrected chi connectivity index (χ3v) is 3.61. The van der Waals surface area contributed by atoms with E-state index in [-0.39, 0.29) is 16.9 Å². The number of fused-ring (bicyclic) bond motifs is 1. The molecule has 0 fully saturated rings.